The molecule has 1 atom stereocenters. The highest BCUT2D eigenvalue weighted by Gasteiger charge is 2.13. The topological polar surface area (TPSA) is 55.4 Å². The van der Waals surface area contributed by atoms with Gasteiger partial charge in [-0.05, 0) is 37.1 Å². The van der Waals surface area contributed by atoms with Gasteiger partial charge in [-0.1, -0.05) is 19.1 Å². The number of rotatable bonds is 9. The lowest BCUT2D eigenvalue weighted by Gasteiger charge is -2.19. The number of sulfone groups is 1. The Morgan fingerprint density at radius 1 is 1.33 bits per heavy atom. The molecular formula is C14H21F2NO3S. The molecule has 0 amide bonds. The van der Waals surface area contributed by atoms with E-state index in [1.165, 1.54) is 12.3 Å². The zero-order valence-electron chi connectivity index (χ0n) is 12.2. The minimum absolute atomic E-state index is 0.0852. The first-order chi connectivity index (χ1) is 9.81. The summed E-state index contributed by atoms with van der Waals surface area (Å²) in [4.78, 5) is 0. The van der Waals surface area contributed by atoms with Crippen LogP contribution in [-0.4, -0.2) is 33.6 Å². The summed E-state index contributed by atoms with van der Waals surface area (Å²) in [6.07, 6.45) is 2.32. The number of hydrogen-bond donors (Lipinski definition) is 1. The van der Waals surface area contributed by atoms with Gasteiger partial charge in [-0.2, -0.15) is 8.78 Å². The van der Waals surface area contributed by atoms with Crippen LogP contribution in [0.5, 0.6) is 5.75 Å². The summed E-state index contributed by atoms with van der Waals surface area (Å²) in [5.74, 6) is 0.218. The van der Waals surface area contributed by atoms with E-state index in [0.717, 1.165) is 5.56 Å². The Morgan fingerprint density at radius 3 is 2.62 bits per heavy atom. The highest BCUT2D eigenvalue weighted by Crippen LogP contribution is 2.24. The maximum atomic E-state index is 12.2. The summed E-state index contributed by atoms with van der Waals surface area (Å²) in [5, 5.41) is 3.23. The van der Waals surface area contributed by atoms with Crippen molar-refractivity contribution >= 4 is 9.84 Å². The Hall–Kier alpha value is -1.21. The number of nitrogens with one attached hydrogen (secondary N) is 1. The molecule has 0 aliphatic rings. The SMILES string of the molecule is CCNC(CCCS(C)(=O)=O)c1cccc(OC(F)F)c1. The molecule has 1 rings (SSSR count). The molecule has 1 aromatic rings. The molecular weight excluding hydrogens is 300 g/mol. The predicted molar refractivity (Wildman–Crippen MR) is 78.4 cm³/mol. The van der Waals surface area contributed by atoms with Crippen LogP contribution < -0.4 is 10.1 Å². The van der Waals surface area contributed by atoms with E-state index in [1.54, 1.807) is 12.1 Å². The normalized spacial score (nSPS) is 13.4. The van der Waals surface area contributed by atoms with Crippen molar-refractivity contribution in [1.82, 2.24) is 5.32 Å². The second-order valence-electron chi connectivity index (χ2n) is 4.83. The third-order valence-corrected chi connectivity index (χ3v) is 3.97. The lowest BCUT2D eigenvalue weighted by atomic mass is 10.0. The molecule has 0 aromatic heterocycles. The predicted octanol–water partition coefficient (Wildman–Crippen LogP) is 2.76. The Balaban J connectivity index is 2.75. The number of ether oxygens (including phenoxy) is 1. The average molecular weight is 321 g/mol. The molecule has 0 radical (unpaired) electrons. The van der Waals surface area contributed by atoms with E-state index in [9.17, 15) is 17.2 Å². The smallest absolute Gasteiger partial charge is 0.387 e. The van der Waals surface area contributed by atoms with Crippen LogP contribution in [0.3, 0.4) is 0 Å². The molecule has 0 heterocycles. The zero-order valence-corrected chi connectivity index (χ0v) is 13.0. The first-order valence-electron chi connectivity index (χ1n) is 6.77. The van der Waals surface area contributed by atoms with Crippen LogP contribution in [0.4, 0.5) is 8.78 Å². The van der Waals surface area contributed by atoms with Gasteiger partial charge in [0.05, 0.1) is 0 Å². The summed E-state index contributed by atoms with van der Waals surface area (Å²) < 4.78 is 51.2. The van der Waals surface area contributed by atoms with E-state index in [2.05, 4.69) is 10.1 Å². The molecule has 7 heteroatoms. The maximum Gasteiger partial charge on any atom is 0.387 e. The largest absolute Gasteiger partial charge is 0.435 e. The molecule has 1 unspecified atom stereocenters. The first kappa shape index (κ1) is 17.8. The first-order valence-corrected chi connectivity index (χ1v) is 8.83. The lowest BCUT2D eigenvalue weighted by molar-refractivity contribution is -0.0499. The molecule has 1 aromatic carbocycles. The monoisotopic (exact) mass is 321 g/mol. The van der Waals surface area contributed by atoms with Crippen LogP contribution in [0.1, 0.15) is 31.4 Å². The van der Waals surface area contributed by atoms with E-state index in [1.807, 2.05) is 13.0 Å². The molecule has 0 saturated heterocycles. The summed E-state index contributed by atoms with van der Waals surface area (Å²) in [7, 11) is -2.99. The second kappa shape index (κ2) is 8.29. The highest BCUT2D eigenvalue weighted by atomic mass is 32.2. The summed E-state index contributed by atoms with van der Waals surface area (Å²) >= 11 is 0. The van der Waals surface area contributed by atoms with Gasteiger partial charge in [0.1, 0.15) is 15.6 Å². The van der Waals surface area contributed by atoms with Crippen molar-refractivity contribution in [3.8, 4) is 5.75 Å². The fraction of sp³-hybridized carbons (Fsp3) is 0.571. The van der Waals surface area contributed by atoms with Crippen LogP contribution in [-0.2, 0) is 9.84 Å². The lowest BCUT2D eigenvalue weighted by Crippen LogP contribution is -2.21. The zero-order chi connectivity index (χ0) is 15.9. The number of halogens is 2. The van der Waals surface area contributed by atoms with Gasteiger partial charge in [-0.25, -0.2) is 8.42 Å². The molecule has 0 fully saturated rings. The Kier molecular flexibility index (Phi) is 7.04. The van der Waals surface area contributed by atoms with Gasteiger partial charge in [0.2, 0.25) is 0 Å². The van der Waals surface area contributed by atoms with Crippen molar-refractivity contribution in [2.75, 3.05) is 18.6 Å². The minimum Gasteiger partial charge on any atom is -0.435 e. The molecule has 120 valence electrons. The van der Waals surface area contributed by atoms with E-state index >= 15 is 0 Å². The van der Waals surface area contributed by atoms with Crippen LogP contribution in [0, 0.1) is 0 Å². The van der Waals surface area contributed by atoms with E-state index < -0.39 is 16.4 Å². The second-order valence-corrected chi connectivity index (χ2v) is 7.09. The Bertz CT molecular complexity index is 535. The molecule has 0 bridgehead atoms. The van der Waals surface area contributed by atoms with Crippen molar-refractivity contribution in [3.05, 3.63) is 29.8 Å². The Labute approximate surface area is 124 Å². The average Bonchev–Trinajstić information content (AvgIpc) is 2.36. The molecule has 0 spiro atoms. The van der Waals surface area contributed by atoms with Crippen LogP contribution >= 0.6 is 0 Å². The van der Waals surface area contributed by atoms with Crippen molar-refractivity contribution in [1.29, 1.82) is 0 Å². The van der Waals surface area contributed by atoms with Gasteiger partial charge in [-0.15, -0.1) is 0 Å². The van der Waals surface area contributed by atoms with Crippen molar-refractivity contribution in [3.63, 3.8) is 0 Å². The molecule has 0 aliphatic carbocycles. The third-order valence-electron chi connectivity index (χ3n) is 2.94. The van der Waals surface area contributed by atoms with Gasteiger partial charge in [0, 0.05) is 18.1 Å². The number of alkyl halides is 2. The van der Waals surface area contributed by atoms with Gasteiger partial charge in [0.25, 0.3) is 0 Å². The molecule has 0 aliphatic heterocycles. The van der Waals surface area contributed by atoms with Gasteiger partial charge >= 0.3 is 6.61 Å². The van der Waals surface area contributed by atoms with Gasteiger partial charge in [0.15, 0.2) is 0 Å². The highest BCUT2D eigenvalue weighted by molar-refractivity contribution is 7.90. The van der Waals surface area contributed by atoms with Crippen LogP contribution in [0.2, 0.25) is 0 Å². The van der Waals surface area contributed by atoms with Gasteiger partial charge < -0.3 is 10.1 Å². The summed E-state index contributed by atoms with van der Waals surface area (Å²) in [5.41, 5.74) is 0.809. The minimum atomic E-state index is -2.99. The summed E-state index contributed by atoms with van der Waals surface area (Å²) in [6.45, 7) is -0.227. The van der Waals surface area contributed by atoms with Crippen LogP contribution in [0.15, 0.2) is 24.3 Å². The Morgan fingerprint density at radius 2 is 2.05 bits per heavy atom. The van der Waals surface area contributed by atoms with Crippen molar-refractivity contribution < 1.29 is 21.9 Å². The fourth-order valence-corrected chi connectivity index (χ4v) is 2.78. The van der Waals surface area contributed by atoms with Crippen molar-refractivity contribution in [2.45, 2.75) is 32.4 Å². The van der Waals surface area contributed by atoms with E-state index in [0.29, 0.717) is 19.4 Å². The van der Waals surface area contributed by atoms with Crippen molar-refractivity contribution in [2.24, 2.45) is 0 Å². The number of benzene rings is 1. The van der Waals surface area contributed by atoms with Crippen LogP contribution in [0.25, 0.3) is 0 Å². The molecule has 1 N–H and O–H groups in total. The maximum absolute atomic E-state index is 12.2. The standard InChI is InChI=1S/C14H21F2NO3S/c1-3-17-13(8-5-9-21(2,18)19)11-6-4-7-12(10-11)20-14(15)16/h4,6-7,10,13-14,17H,3,5,8-9H2,1-2H3. The van der Waals surface area contributed by atoms with Gasteiger partial charge in [-0.3, -0.25) is 0 Å². The molecule has 21 heavy (non-hydrogen) atoms. The van der Waals surface area contributed by atoms with E-state index in [4.69, 9.17) is 0 Å². The third kappa shape index (κ3) is 7.38. The van der Waals surface area contributed by atoms with E-state index in [-0.39, 0.29) is 17.5 Å². The molecule has 0 saturated carbocycles. The molecule has 4 nitrogen and oxygen atoms in total. The summed E-state index contributed by atoms with van der Waals surface area (Å²) in [6, 6.07) is 6.40. The quantitative estimate of drug-likeness (QED) is 0.760. The fourth-order valence-electron chi connectivity index (χ4n) is 2.09. The number of hydrogen-bond acceptors (Lipinski definition) is 4.